The fraction of sp³-hybridized carbons (Fsp3) is 0.846. The molecular formula is C13H24N4O2S2. The smallest absolute Gasteiger partial charge is 0.206 e. The molecule has 1 aromatic rings. The Morgan fingerprint density at radius 2 is 2.14 bits per heavy atom. The van der Waals surface area contributed by atoms with Gasteiger partial charge in [0.2, 0.25) is 5.13 Å². The number of nitrogens with one attached hydrogen (secondary N) is 1. The van der Waals surface area contributed by atoms with Crippen LogP contribution in [0.1, 0.15) is 20.8 Å². The molecule has 2 rings (SSSR count). The number of thioether (sulfide) groups is 1. The maximum Gasteiger partial charge on any atom is 0.206 e. The third-order valence-corrected chi connectivity index (χ3v) is 5.26. The molecule has 1 fully saturated rings. The molecule has 2 N–H and O–H groups in total. The molecule has 3 atom stereocenters. The van der Waals surface area contributed by atoms with E-state index in [1.165, 1.54) is 11.3 Å². The minimum atomic E-state index is -0.362. The Morgan fingerprint density at radius 1 is 1.43 bits per heavy atom. The Balaban J connectivity index is 1.72. The van der Waals surface area contributed by atoms with Crippen molar-refractivity contribution < 1.29 is 9.84 Å². The third kappa shape index (κ3) is 5.71. The highest BCUT2D eigenvalue weighted by molar-refractivity contribution is 8.01. The second kappa shape index (κ2) is 8.28. The second-order valence-electron chi connectivity index (χ2n) is 5.34. The van der Waals surface area contributed by atoms with Gasteiger partial charge in [0, 0.05) is 31.9 Å². The van der Waals surface area contributed by atoms with Crippen molar-refractivity contribution >= 4 is 28.2 Å². The standard InChI is InChI=1S/C13H24N4O2S2/c1-4-14-12-15-16-13(21-12)20-8-11(18)7-17-5-9(2)19-10(3)6-17/h9-11,18H,4-8H2,1-3H3,(H,14,15)/t9-,10+,11-/m0/s1. The molecular weight excluding hydrogens is 308 g/mol. The van der Waals surface area contributed by atoms with Gasteiger partial charge in [0.1, 0.15) is 0 Å². The number of β-amino-alcohol motifs (C(OH)–C–C–N with tert-alkyl or cyclic N) is 1. The van der Waals surface area contributed by atoms with E-state index in [0.717, 1.165) is 29.1 Å². The topological polar surface area (TPSA) is 70.5 Å². The lowest BCUT2D eigenvalue weighted by atomic mass is 10.2. The summed E-state index contributed by atoms with van der Waals surface area (Å²) in [6.45, 7) is 9.48. The molecule has 1 aromatic heterocycles. The lowest BCUT2D eigenvalue weighted by molar-refractivity contribution is -0.0750. The van der Waals surface area contributed by atoms with Crippen molar-refractivity contribution in [1.82, 2.24) is 15.1 Å². The Kier molecular flexibility index (Phi) is 6.69. The monoisotopic (exact) mass is 332 g/mol. The molecule has 21 heavy (non-hydrogen) atoms. The van der Waals surface area contributed by atoms with Crippen LogP contribution in [0.5, 0.6) is 0 Å². The zero-order valence-corrected chi connectivity index (χ0v) is 14.4. The molecule has 0 unspecified atom stereocenters. The van der Waals surface area contributed by atoms with Crippen LogP contribution in [-0.4, -0.2) is 70.4 Å². The number of hydrogen-bond acceptors (Lipinski definition) is 8. The van der Waals surface area contributed by atoms with Gasteiger partial charge in [0.05, 0.1) is 18.3 Å². The van der Waals surface area contributed by atoms with Crippen molar-refractivity contribution in [1.29, 1.82) is 0 Å². The van der Waals surface area contributed by atoms with E-state index in [1.54, 1.807) is 11.8 Å². The zero-order valence-electron chi connectivity index (χ0n) is 12.8. The average molecular weight is 332 g/mol. The van der Waals surface area contributed by atoms with E-state index in [0.29, 0.717) is 12.3 Å². The van der Waals surface area contributed by atoms with Crippen LogP contribution in [0.25, 0.3) is 0 Å². The van der Waals surface area contributed by atoms with Crippen LogP contribution in [0.4, 0.5) is 5.13 Å². The van der Waals surface area contributed by atoms with E-state index >= 15 is 0 Å². The van der Waals surface area contributed by atoms with Crippen LogP contribution in [0.3, 0.4) is 0 Å². The number of anilines is 1. The van der Waals surface area contributed by atoms with Gasteiger partial charge >= 0.3 is 0 Å². The molecule has 1 aliphatic heterocycles. The minimum Gasteiger partial charge on any atom is -0.391 e. The van der Waals surface area contributed by atoms with E-state index in [1.807, 2.05) is 6.92 Å². The molecule has 6 nitrogen and oxygen atoms in total. The van der Waals surface area contributed by atoms with E-state index in [4.69, 9.17) is 4.74 Å². The van der Waals surface area contributed by atoms with Gasteiger partial charge in [-0.1, -0.05) is 23.1 Å². The Labute approximate surface area is 134 Å². The summed E-state index contributed by atoms with van der Waals surface area (Å²) in [5.74, 6) is 0.640. The summed E-state index contributed by atoms with van der Waals surface area (Å²) in [6.07, 6.45) is 0.109. The molecule has 0 aliphatic carbocycles. The summed E-state index contributed by atoms with van der Waals surface area (Å²) in [7, 11) is 0. The van der Waals surface area contributed by atoms with E-state index in [2.05, 4.69) is 34.3 Å². The van der Waals surface area contributed by atoms with Crippen LogP contribution in [-0.2, 0) is 4.74 Å². The maximum atomic E-state index is 10.2. The summed E-state index contributed by atoms with van der Waals surface area (Å²) in [4.78, 5) is 2.27. The first kappa shape index (κ1) is 17.0. The van der Waals surface area contributed by atoms with E-state index < -0.39 is 0 Å². The summed E-state index contributed by atoms with van der Waals surface area (Å²) >= 11 is 3.09. The van der Waals surface area contributed by atoms with Crippen LogP contribution in [0, 0.1) is 0 Å². The molecule has 0 bridgehead atoms. The second-order valence-corrected chi connectivity index (χ2v) is 7.59. The first-order valence-electron chi connectivity index (χ1n) is 7.32. The van der Waals surface area contributed by atoms with Crippen molar-refractivity contribution in [3.8, 4) is 0 Å². The lowest BCUT2D eigenvalue weighted by Crippen LogP contribution is -2.48. The molecule has 120 valence electrons. The fourth-order valence-corrected chi connectivity index (χ4v) is 4.20. The van der Waals surface area contributed by atoms with Crippen molar-refractivity contribution in [2.75, 3.05) is 37.2 Å². The molecule has 0 amide bonds. The molecule has 0 saturated carbocycles. The lowest BCUT2D eigenvalue weighted by Gasteiger charge is -2.36. The summed E-state index contributed by atoms with van der Waals surface area (Å²) in [5.41, 5.74) is 0. The number of hydrogen-bond donors (Lipinski definition) is 2. The molecule has 2 heterocycles. The summed E-state index contributed by atoms with van der Waals surface area (Å²) in [5, 5.41) is 22.3. The number of nitrogens with zero attached hydrogens (tertiary/aromatic N) is 3. The SMILES string of the molecule is CCNc1nnc(SC[C@@H](O)CN2C[C@@H](C)O[C@@H](C)C2)s1. The van der Waals surface area contributed by atoms with Gasteiger partial charge in [-0.3, -0.25) is 4.90 Å². The first-order valence-corrected chi connectivity index (χ1v) is 9.13. The predicted octanol–water partition coefficient (Wildman–Crippen LogP) is 1.53. The van der Waals surface area contributed by atoms with Gasteiger partial charge in [-0.25, -0.2) is 0 Å². The summed E-state index contributed by atoms with van der Waals surface area (Å²) < 4.78 is 6.60. The number of rotatable bonds is 7. The molecule has 0 aromatic carbocycles. The minimum absolute atomic E-state index is 0.236. The molecule has 0 spiro atoms. The first-order chi connectivity index (χ1) is 10.1. The zero-order chi connectivity index (χ0) is 15.2. The highest BCUT2D eigenvalue weighted by atomic mass is 32.2. The number of ether oxygens (including phenoxy) is 1. The molecule has 1 aliphatic rings. The highest BCUT2D eigenvalue weighted by Gasteiger charge is 2.23. The predicted molar refractivity (Wildman–Crippen MR) is 87.3 cm³/mol. The Morgan fingerprint density at radius 3 is 2.81 bits per heavy atom. The molecule has 1 saturated heterocycles. The van der Waals surface area contributed by atoms with Gasteiger partial charge in [-0.2, -0.15) is 0 Å². The normalized spacial score (nSPS) is 25.0. The highest BCUT2D eigenvalue weighted by Crippen LogP contribution is 2.26. The van der Waals surface area contributed by atoms with Crippen molar-refractivity contribution in [2.45, 2.75) is 43.4 Å². The van der Waals surface area contributed by atoms with Crippen LogP contribution < -0.4 is 5.32 Å². The van der Waals surface area contributed by atoms with Crippen LogP contribution in [0.15, 0.2) is 4.34 Å². The van der Waals surface area contributed by atoms with Crippen molar-refractivity contribution in [2.24, 2.45) is 0 Å². The number of morpholine rings is 1. The van der Waals surface area contributed by atoms with Crippen molar-refractivity contribution in [3.05, 3.63) is 0 Å². The van der Waals surface area contributed by atoms with Gasteiger partial charge in [-0.05, 0) is 20.8 Å². The molecule has 0 radical (unpaired) electrons. The van der Waals surface area contributed by atoms with Gasteiger partial charge in [0.15, 0.2) is 4.34 Å². The fourth-order valence-electron chi connectivity index (χ4n) is 2.44. The Hall–Kier alpha value is -0.410. The van der Waals surface area contributed by atoms with Gasteiger partial charge in [0.25, 0.3) is 0 Å². The van der Waals surface area contributed by atoms with Crippen LogP contribution in [0.2, 0.25) is 0 Å². The quantitative estimate of drug-likeness (QED) is 0.734. The Bertz CT molecular complexity index is 422. The van der Waals surface area contributed by atoms with E-state index in [-0.39, 0.29) is 18.3 Å². The average Bonchev–Trinajstić information content (AvgIpc) is 2.83. The van der Waals surface area contributed by atoms with Crippen LogP contribution >= 0.6 is 23.1 Å². The van der Waals surface area contributed by atoms with Crippen molar-refractivity contribution in [3.63, 3.8) is 0 Å². The van der Waals surface area contributed by atoms with E-state index in [9.17, 15) is 5.11 Å². The number of aromatic nitrogens is 2. The largest absolute Gasteiger partial charge is 0.391 e. The number of aliphatic hydroxyl groups is 1. The van der Waals surface area contributed by atoms with Gasteiger partial charge in [-0.15, -0.1) is 10.2 Å². The van der Waals surface area contributed by atoms with Gasteiger partial charge < -0.3 is 15.2 Å². The molecule has 8 heteroatoms. The summed E-state index contributed by atoms with van der Waals surface area (Å²) in [6, 6.07) is 0. The maximum absolute atomic E-state index is 10.2. The third-order valence-electron chi connectivity index (χ3n) is 3.10. The number of aliphatic hydroxyl groups excluding tert-OH is 1.